The van der Waals surface area contributed by atoms with Gasteiger partial charge in [-0.25, -0.2) is 0 Å². The summed E-state index contributed by atoms with van der Waals surface area (Å²) in [6.07, 6.45) is 1.10. The van der Waals surface area contributed by atoms with E-state index in [-0.39, 0.29) is 5.78 Å². The Kier molecular flexibility index (Phi) is 4.35. The molecule has 1 aromatic carbocycles. The predicted octanol–water partition coefficient (Wildman–Crippen LogP) is 3.05. The van der Waals surface area contributed by atoms with Crippen LogP contribution in [0.3, 0.4) is 0 Å². The summed E-state index contributed by atoms with van der Waals surface area (Å²) < 4.78 is 5.57. The van der Waals surface area contributed by atoms with E-state index in [4.69, 9.17) is 4.74 Å². The number of carbonyl (C=O) groups is 1. The SMILES string of the molecule is CCC(=O)CCOc1cc(C)ccc1C. The molecule has 0 atom stereocenters. The topological polar surface area (TPSA) is 26.3 Å². The summed E-state index contributed by atoms with van der Waals surface area (Å²) in [5, 5.41) is 0. The van der Waals surface area contributed by atoms with Crippen LogP contribution in [0.4, 0.5) is 0 Å². The van der Waals surface area contributed by atoms with Crippen molar-refractivity contribution in [3.05, 3.63) is 29.3 Å². The maximum Gasteiger partial charge on any atom is 0.136 e. The maximum atomic E-state index is 11.1. The molecule has 0 spiro atoms. The van der Waals surface area contributed by atoms with Crippen molar-refractivity contribution in [3.8, 4) is 5.75 Å². The molecule has 0 radical (unpaired) electrons. The van der Waals surface area contributed by atoms with Gasteiger partial charge in [-0.3, -0.25) is 4.79 Å². The molecule has 0 aliphatic carbocycles. The lowest BCUT2D eigenvalue weighted by Crippen LogP contribution is -2.05. The van der Waals surface area contributed by atoms with Crippen molar-refractivity contribution < 1.29 is 9.53 Å². The second-order valence-electron chi connectivity index (χ2n) is 3.76. The molecule has 2 heteroatoms. The van der Waals surface area contributed by atoms with Crippen molar-refractivity contribution >= 4 is 5.78 Å². The van der Waals surface area contributed by atoms with Crippen LogP contribution in [0.15, 0.2) is 18.2 Å². The quantitative estimate of drug-likeness (QED) is 0.740. The summed E-state index contributed by atoms with van der Waals surface area (Å²) in [5.74, 6) is 1.14. The fraction of sp³-hybridized carbons (Fsp3) is 0.462. The van der Waals surface area contributed by atoms with E-state index in [9.17, 15) is 4.79 Å². The molecule has 0 bridgehead atoms. The molecule has 15 heavy (non-hydrogen) atoms. The van der Waals surface area contributed by atoms with E-state index in [0.717, 1.165) is 11.3 Å². The van der Waals surface area contributed by atoms with Crippen molar-refractivity contribution in [2.75, 3.05) is 6.61 Å². The lowest BCUT2D eigenvalue weighted by Gasteiger charge is -2.09. The summed E-state index contributed by atoms with van der Waals surface area (Å²) in [7, 11) is 0. The molecule has 0 heterocycles. The van der Waals surface area contributed by atoms with Gasteiger partial charge in [0.15, 0.2) is 0 Å². The van der Waals surface area contributed by atoms with Gasteiger partial charge in [-0.15, -0.1) is 0 Å². The molecule has 2 nitrogen and oxygen atoms in total. The molecule has 0 aliphatic rings. The highest BCUT2D eigenvalue weighted by molar-refractivity contribution is 5.78. The minimum Gasteiger partial charge on any atom is -0.493 e. The maximum absolute atomic E-state index is 11.1. The Morgan fingerprint density at radius 2 is 2.07 bits per heavy atom. The van der Waals surface area contributed by atoms with Crippen LogP contribution >= 0.6 is 0 Å². The average molecular weight is 206 g/mol. The molecule has 0 N–H and O–H groups in total. The van der Waals surface area contributed by atoms with E-state index < -0.39 is 0 Å². The highest BCUT2D eigenvalue weighted by Crippen LogP contribution is 2.19. The standard InChI is InChI=1S/C13H18O2/c1-4-12(14)7-8-15-13-9-10(2)5-6-11(13)3/h5-6,9H,4,7-8H2,1-3H3. The Morgan fingerprint density at radius 3 is 2.73 bits per heavy atom. The number of Topliss-reactive ketones (excluding diaryl/α,β-unsaturated/α-hetero) is 1. The van der Waals surface area contributed by atoms with Gasteiger partial charge in [0.1, 0.15) is 11.5 Å². The van der Waals surface area contributed by atoms with Crippen molar-refractivity contribution in [2.45, 2.75) is 33.6 Å². The molecule has 0 aromatic heterocycles. The van der Waals surface area contributed by atoms with Gasteiger partial charge in [0.05, 0.1) is 6.61 Å². The van der Waals surface area contributed by atoms with Gasteiger partial charge < -0.3 is 4.74 Å². The van der Waals surface area contributed by atoms with Gasteiger partial charge in [0, 0.05) is 12.8 Å². The molecule has 0 saturated heterocycles. The first-order valence-corrected chi connectivity index (χ1v) is 5.35. The number of rotatable bonds is 5. The minimum atomic E-state index is 0.250. The first kappa shape index (κ1) is 11.8. The van der Waals surface area contributed by atoms with Crippen LogP contribution in [0.2, 0.25) is 0 Å². The van der Waals surface area contributed by atoms with E-state index in [0.29, 0.717) is 19.4 Å². The fourth-order valence-corrected chi connectivity index (χ4v) is 1.31. The number of hydrogen-bond donors (Lipinski definition) is 0. The van der Waals surface area contributed by atoms with E-state index in [1.807, 2.05) is 32.9 Å². The summed E-state index contributed by atoms with van der Waals surface area (Å²) >= 11 is 0. The zero-order valence-electron chi connectivity index (χ0n) is 9.67. The Bertz CT molecular complexity index is 342. The molecule has 0 amide bonds. The molecular weight excluding hydrogens is 188 g/mol. The van der Waals surface area contributed by atoms with Gasteiger partial charge in [0.2, 0.25) is 0 Å². The third kappa shape index (κ3) is 3.74. The van der Waals surface area contributed by atoms with Gasteiger partial charge >= 0.3 is 0 Å². The lowest BCUT2D eigenvalue weighted by molar-refractivity contribution is -0.119. The van der Waals surface area contributed by atoms with E-state index >= 15 is 0 Å². The van der Waals surface area contributed by atoms with Gasteiger partial charge in [-0.05, 0) is 31.0 Å². The van der Waals surface area contributed by atoms with E-state index in [1.165, 1.54) is 5.56 Å². The highest BCUT2D eigenvalue weighted by Gasteiger charge is 2.02. The number of hydrogen-bond acceptors (Lipinski definition) is 2. The number of ether oxygens (including phenoxy) is 1. The molecule has 82 valence electrons. The van der Waals surface area contributed by atoms with Gasteiger partial charge in [0.25, 0.3) is 0 Å². The largest absolute Gasteiger partial charge is 0.493 e. The lowest BCUT2D eigenvalue weighted by atomic mass is 10.1. The van der Waals surface area contributed by atoms with Gasteiger partial charge in [-0.2, -0.15) is 0 Å². The normalized spacial score (nSPS) is 10.1. The summed E-state index contributed by atoms with van der Waals surface area (Å²) in [6, 6.07) is 6.09. The van der Waals surface area contributed by atoms with Crippen LogP contribution in [-0.2, 0) is 4.79 Å². The highest BCUT2D eigenvalue weighted by atomic mass is 16.5. The molecule has 1 rings (SSSR count). The summed E-state index contributed by atoms with van der Waals surface area (Å²) in [5.41, 5.74) is 2.29. The van der Waals surface area contributed by atoms with Gasteiger partial charge in [-0.1, -0.05) is 19.1 Å². The zero-order chi connectivity index (χ0) is 11.3. The van der Waals surface area contributed by atoms with Crippen LogP contribution in [0.1, 0.15) is 30.9 Å². The first-order valence-electron chi connectivity index (χ1n) is 5.35. The molecule has 1 aromatic rings. The van der Waals surface area contributed by atoms with Crippen LogP contribution in [0.5, 0.6) is 5.75 Å². The van der Waals surface area contributed by atoms with Crippen LogP contribution in [0, 0.1) is 13.8 Å². The molecule has 0 aliphatic heterocycles. The van der Waals surface area contributed by atoms with Crippen molar-refractivity contribution in [2.24, 2.45) is 0 Å². The van der Waals surface area contributed by atoms with Crippen LogP contribution in [0.25, 0.3) is 0 Å². The van der Waals surface area contributed by atoms with Crippen LogP contribution < -0.4 is 4.74 Å². The minimum absolute atomic E-state index is 0.250. The smallest absolute Gasteiger partial charge is 0.136 e. The number of benzene rings is 1. The van der Waals surface area contributed by atoms with Crippen molar-refractivity contribution in [3.63, 3.8) is 0 Å². The molecule has 0 fully saturated rings. The third-order valence-corrected chi connectivity index (χ3v) is 2.38. The second kappa shape index (κ2) is 5.54. The number of ketones is 1. The average Bonchev–Trinajstić information content (AvgIpc) is 2.23. The number of aryl methyl sites for hydroxylation is 2. The summed E-state index contributed by atoms with van der Waals surface area (Å²) in [6.45, 7) is 6.40. The monoisotopic (exact) mass is 206 g/mol. The van der Waals surface area contributed by atoms with Crippen molar-refractivity contribution in [1.29, 1.82) is 0 Å². The molecule has 0 saturated carbocycles. The Hall–Kier alpha value is -1.31. The Balaban J connectivity index is 2.50. The molecule has 0 unspecified atom stereocenters. The van der Waals surface area contributed by atoms with E-state index in [2.05, 4.69) is 6.07 Å². The Morgan fingerprint density at radius 1 is 1.33 bits per heavy atom. The van der Waals surface area contributed by atoms with E-state index in [1.54, 1.807) is 0 Å². The van der Waals surface area contributed by atoms with Crippen LogP contribution in [-0.4, -0.2) is 12.4 Å². The fourth-order valence-electron chi connectivity index (χ4n) is 1.31. The first-order chi connectivity index (χ1) is 7.13. The zero-order valence-corrected chi connectivity index (χ0v) is 9.67. The summed E-state index contributed by atoms with van der Waals surface area (Å²) in [4.78, 5) is 11.1. The Labute approximate surface area is 91.3 Å². The predicted molar refractivity (Wildman–Crippen MR) is 61.3 cm³/mol. The molecular formula is C13H18O2. The third-order valence-electron chi connectivity index (χ3n) is 2.38. The second-order valence-corrected chi connectivity index (χ2v) is 3.76. The van der Waals surface area contributed by atoms with Crippen molar-refractivity contribution in [1.82, 2.24) is 0 Å². The number of carbonyl (C=O) groups excluding carboxylic acids is 1.